The van der Waals surface area contributed by atoms with Gasteiger partial charge < -0.3 is 5.11 Å². The molecule has 2 rings (SSSR count). The van der Waals surface area contributed by atoms with Crippen molar-refractivity contribution < 1.29 is 5.11 Å². The third kappa shape index (κ3) is 0.803. The summed E-state index contributed by atoms with van der Waals surface area (Å²) < 4.78 is 0. The number of aliphatic hydroxyl groups is 1. The normalized spacial score (nSPS) is 21.9. The van der Waals surface area contributed by atoms with Crippen LogP contribution in [0.1, 0.15) is 0 Å². The first-order valence-electron chi connectivity index (χ1n) is 3.00. The van der Waals surface area contributed by atoms with Crippen molar-refractivity contribution in [3.8, 4) is 0 Å². The topological polar surface area (TPSA) is 45.0 Å². The summed E-state index contributed by atoms with van der Waals surface area (Å²) in [4.78, 5) is 8.15. The number of aliphatic hydroxyl groups excluding tert-OH is 1. The zero-order valence-corrected chi connectivity index (χ0v) is 6.06. The summed E-state index contributed by atoms with van der Waals surface area (Å²) in [6.45, 7) is -0.0542. The van der Waals surface area contributed by atoms with Gasteiger partial charge in [-0.1, -0.05) is 11.8 Å². The predicted octanol–water partition coefficient (Wildman–Crippen LogP) is 0.420. The first-order chi connectivity index (χ1) is 4.90. The summed E-state index contributed by atoms with van der Waals surface area (Å²) >= 11 is 1.66. The van der Waals surface area contributed by atoms with Crippen molar-refractivity contribution in [1.82, 2.24) is 0 Å². The van der Waals surface area contributed by atoms with Gasteiger partial charge in [0.15, 0.2) is 5.84 Å². The fraction of sp³-hybridized carbons (Fsp3) is 0.333. The highest BCUT2D eigenvalue weighted by atomic mass is 32.2. The standard InChI is InChI=1S/C6H6N2OS/c9-3-5-7-4-1-2-10-6(4)8-5/h1,9H,2-3H2. The molecule has 0 aromatic carbocycles. The minimum absolute atomic E-state index is 0.0542. The quantitative estimate of drug-likeness (QED) is 0.595. The third-order valence-corrected chi connectivity index (χ3v) is 2.24. The van der Waals surface area contributed by atoms with Gasteiger partial charge in [-0.3, -0.25) is 0 Å². The second-order valence-electron chi connectivity index (χ2n) is 2.00. The molecule has 2 aliphatic rings. The molecular formula is C6H6N2OS. The average molecular weight is 154 g/mol. The van der Waals surface area contributed by atoms with E-state index in [1.165, 1.54) is 0 Å². The van der Waals surface area contributed by atoms with Crippen molar-refractivity contribution in [2.45, 2.75) is 0 Å². The monoisotopic (exact) mass is 154 g/mol. The molecule has 10 heavy (non-hydrogen) atoms. The molecule has 2 aliphatic heterocycles. The fourth-order valence-electron chi connectivity index (χ4n) is 0.896. The Morgan fingerprint density at radius 2 is 2.50 bits per heavy atom. The summed E-state index contributed by atoms with van der Waals surface area (Å²) in [6, 6.07) is 0. The lowest BCUT2D eigenvalue weighted by Crippen LogP contribution is -1.96. The van der Waals surface area contributed by atoms with Gasteiger partial charge in [-0.2, -0.15) is 0 Å². The van der Waals surface area contributed by atoms with Gasteiger partial charge in [-0.15, -0.1) is 0 Å². The maximum Gasteiger partial charge on any atom is 0.155 e. The molecule has 3 nitrogen and oxygen atoms in total. The van der Waals surface area contributed by atoms with Crippen molar-refractivity contribution in [2.24, 2.45) is 9.98 Å². The molecule has 0 spiro atoms. The Bertz CT molecular complexity index is 254. The van der Waals surface area contributed by atoms with Gasteiger partial charge in [0.1, 0.15) is 11.7 Å². The van der Waals surface area contributed by atoms with E-state index >= 15 is 0 Å². The van der Waals surface area contributed by atoms with Crippen LogP contribution in [0.2, 0.25) is 0 Å². The minimum atomic E-state index is -0.0542. The molecule has 1 N–H and O–H groups in total. The van der Waals surface area contributed by atoms with Gasteiger partial charge in [-0.25, -0.2) is 9.98 Å². The largest absolute Gasteiger partial charge is 0.388 e. The highest BCUT2D eigenvalue weighted by Gasteiger charge is 2.19. The predicted molar refractivity (Wildman–Crippen MR) is 42.5 cm³/mol. The lowest BCUT2D eigenvalue weighted by atomic mass is 10.5. The maximum absolute atomic E-state index is 8.65. The average Bonchev–Trinajstić information content (AvgIpc) is 2.42. The van der Waals surface area contributed by atoms with E-state index in [-0.39, 0.29) is 6.61 Å². The maximum atomic E-state index is 8.65. The van der Waals surface area contributed by atoms with Crippen LogP contribution in [0.3, 0.4) is 0 Å². The van der Waals surface area contributed by atoms with E-state index in [0.29, 0.717) is 5.84 Å². The Morgan fingerprint density at radius 1 is 1.60 bits per heavy atom. The second kappa shape index (κ2) is 2.21. The minimum Gasteiger partial charge on any atom is -0.388 e. The lowest BCUT2D eigenvalue weighted by molar-refractivity contribution is 0.356. The fourth-order valence-corrected chi connectivity index (χ4v) is 1.74. The molecule has 0 aromatic rings. The number of nitrogens with zero attached hydrogens (tertiary/aromatic N) is 2. The van der Waals surface area contributed by atoms with E-state index in [4.69, 9.17) is 5.11 Å². The lowest BCUT2D eigenvalue weighted by Gasteiger charge is -1.85. The molecule has 0 atom stereocenters. The molecule has 0 unspecified atom stereocenters. The molecule has 2 heterocycles. The van der Waals surface area contributed by atoms with Gasteiger partial charge in [0, 0.05) is 5.75 Å². The number of aliphatic imine (C=N–C) groups is 2. The summed E-state index contributed by atoms with van der Waals surface area (Å²) in [7, 11) is 0. The van der Waals surface area contributed by atoms with Crippen LogP contribution in [-0.4, -0.2) is 28.3 Å². The Balaban J connectivity index is 2.33. The van der Waals surface area contributed by atoms with Gasteiger partial charge in [0.2, 0.25) is 0 Å². The van der Waals surface area contributed by atoms with Crippen LogP contribution in [0.4, 0.5) is 0 Å². The molecule has 0 fully saturated rings. The summed E-state index contributed by atoms with van der Waals surface area (Å²) in [6.07, 6.45) is 2.02. The first-order valence-corrected chi connectivity index (χ1v) is 3.99. The van der Waals surface area contributed by atoms with Crippen LogP contribution < -0.4 is 0 Å². The smallest absolute Gasteiger partial charge is 0.155 e. The van der Waals surface area contributed by atoms with Crippen LogP contribution >= 0.6 is 11.8 Å². The third-order valence-electron chi connectivity index (χ3n) is 1.34. The number of hydrogen-bond acceptors (Lipinski definition) is 4. The Kier molecular flexibility index (Phi) is 1.35. The zero-order chi connectivity index (χ0) is 6.97. The number of fused-ring (bicyclic) bond motifs is 1. The molecule has 0 bridgehead atoms. The van der Waals surface area contributed by atoms with E-state index in [0.717, 1.165) is 16.5 Å². The first kappa shape index (κ1) is 6.12. The molecule has 0 amide bonds. The highest BCUT2D eigenvalue weighted by Crippen LogP contribution is 2.26. The van der Waals surface area contributed by atoms with Gasteiger partial charge in [0.25, 0.3) is 0 Å². The number of amidine groups is 1. The second-order valence-corrected chi connectivity index (χ2v) is 3.01. The Labute approximate surface area is 62.6 Å². The SMILES string of the molecule is OCC1=NC2=CCSC2=N1. The Hall–Kier alpha value is -0.610. The molecule has 0 saturated carbocycles. The van der Waals surface area contributed by atoms with Gasteiger partial charge >= 0.3 is 0 Å². The van der Waals surface area contributed by atoms with Crippen molar-refractivity contribution in [1.29, 1.82) is 0 Å². The molecular weight excluding hydrogens is 148 g/mol. The van der Waals surface area contributed by atoms with E-state index in [2.05, 4.69) is 9.98 Å². The van der Waals surface area contributed by atoms with Crippen LogP contribution in [0.15, 0.2) is 21.8 Å². The molecule has 0 radical (unpaired) electrons. The van der Waals surface area contributed by atoms with E-state index in [1.807, 2.05) is 6.08 Å². The van der Waals surface area contributed by atoms with Gasteiger partial charge in [-0.05, 0) is 6.08 Å². The summed E-state index contributed by atoms with van der Waals surface area (Å²) in [5.41, 5.74) is 0.939. The highest BCUT2D eigenvalue weighted by molar-refractivity contribution is 8.15. The number of rotatable bonds is 1. The van der Waals surface area contributed by atoms with E-state index < -0.39 is 0 Å². The van der Waals surface area contributed by atoms with Crippen molar-refractivity contribution in [3.05, 3.63) is 11.8 Å². The molecule has 4 heteroatoms. The Morgan fingerprint density at radius 3 is 3.20 bits per heavy atom. The molecule has 0 aliphatic carbocycles. The summed E-state index contributed by atoms with van der Waals surface area (Å²) in [5, 5.41) is 9.61. The molecule has 0 aromatic heterocycles. The van der Waals surface area contributed by atoms with E-state index in [9.17, 15) is 0 Å². The van der Waals surface area contributed by atoms with Crippen LogP contribution in [0.5, 0.6) is 0 Å². The van der Waals surface area contributed by atoms with E-state index in [1.54, 1.807) is 11.8 Å². The molecule has 0 saturated heterocycles. The summed E-state index contributed by atoms with van der Waals surface area (Å²) in [5.74, 6) is 1.50. The van der Waals surface area contributed by atoms with Crippen LogP contribution in [0, 0.1) is 0 Å². The van der Waals surface area contributed by atoms with Crippen molar-refractivity contribution in [3.63, 3.8) is 0 Å². The zero-order valence-electron chi connectivity index (χ0n) is 5.24. The van der Waals surface area contributed by atoms with Crippen LogP contribution in [-0.2, 0) is 0 Å². The molecule has 52 valence electrons. The van der Waals surface area contributed by atoms with Gasteiger partial charge in [0.05, 0.1) is 5.70 Å². The number of thioether (sulfide) groups is 1. The number of hydrogen-bond donors (Lipinski definition) is 1. The van der Waals surface area contributed by atoms with Crippen molar-refractivity contribution in [2.75, 3.05) is 12.4 Å². The van der Waals surface area contributed by atoms with Crippen molar-refractivity contribution >= 4 is 22.6 Å². The van der Waals surface area contributed by atoms with Crippen LogP contribution in [0.25, 0.3) is 0 Å².